The van der Waals surface area contributed by atoms with Crippen LogP contribution in [0.3, 0.4) is 0 Å². The fraction of sp³-hybridized carbons (Fsp3) is 0.778. The van der Waals surface area contributed by atoms with Crippen molar-refractivity contribution in [2.24, 2.45) is 5.92 Å². The maximum absolute atomic E-state index is 11.6. The Hall–Kier alpha value is -1.41. The maximum Gasteiger partial charge on any atom is 0.227 e. The van der Waals surface area contributed by atoms with E-state index in [-0.39, 0.29) is 0 Å². The van der Waals surface area contributed by atoms with Crippen molar-refractivity contribution in [3.8, 4) is 0 Å². The summed E-state index contributed by atoms with van der Waals surface area (Å²) in [4.78, 5) is 16.4. The SMILES string of the molecule is O=S1(=O)CCC(CN2CCN(c3ccnc(N4CCCC4)n3)CC2)CC1. The minimum Gasteiger partial charge on any atom is -0.354 e. The van der Waals surface area contributed by atoms with Crippen LogP contribution in [-0.4, -0.2) is 80.6 Å². The topological polar surface area (TPSA) is 69.6 Å². The van der Waals surface area contributed by atoms with Crippen LogP contribution >= 0.6 is 0 Å². The third kappa shape index (κ3) is 4.28. The molecule has 0 saturated carbocycles. The lowest BCUT2D eigenvalue weighted by Gasteiger charge is -2.37. The molecule has 0 radical (unpaired) electrons. The van der Waals surface area contributed by atoms with Gasteiger partial charge in [0.25, 0.3) is 0 Å². The number of piperazine rings is 1. The summed E-state index contributed by atoms with van der Waals surface area (Å²) >= 11 is 0. The van der Waals surface area contributed by atoms with Gasteiger partial charge in [-0.25, -0.2) is 13.4 Å². The number of hydrogen-bond donors (Lipinski definition) is 0. The number of anilines is 2. The van der Waals surface area contributed by atoms with Crippen molar-refractivity contribution < 1.29 is 8.42 Å². The summed E-state index contributed by atoms with van der Waals surface area (Å²) in [6.45, 7) is 7.15. The van der Waals surface area contributed by atoms with Crippen LogP contribution in [0, 0.1) is 5.92 Å². The van der Waals surface area contributed by atoms with E-state index in [1.54, 1.807) is 0 Å². The van der Waals surface area contributed by atoms with Gasteiger partial charge < -0.3 is 9.80 Å². The predicted molar refractivity (Wildman–Crippen MR) is 104 cm³/mol. The second kappa shape index (κ2) is 7.68. The number of hydrogen-bond acceptors (Lipinski definition) is 7. The Morgan fingerprint density at radius 1 is 0.962 bits per heavy atom. The summed E-state index contributed by atoms with van der Waals surface area (Å²) < 4.78 is 23.2. The molecule has 26 heavy (non-hydrogen) atoms. The average molecular weight is 380 g/mol. The Morgan fingerprint density at radius 3 is 2.35 bits per heavy atom. The van der Waals surface area contributed by atoms with Crippen LogP contribution in [0.5, 0.6) is 0 Å². The second-order valence-corrected chi connectivity index (χ2v) is 10.1. The lowest BCUT2D eigenvalue weighted by Crippen LogP contribution is -2.48. The van der Waals surface area contributed by atoms with Gasteiger partial charge in [0.1, 0.15) is 15.7 Å². The normalized spacial score (nSPS) is 24.9. The molecule has 1 aromatic heterocycles. The van der Waals surface area contributed by atoms with Gasteiger partial charge in [0.15, 0.2) is 0 Å². The van der Waals surface area contributed by atoms with E-state index in [9.17, 15) is 8.42 Å². The molecule has 4 heterocycles. The minimum atomic E-state index is -2.76. The first-order valence-corrected chi connectivity index (χ1v) is 11.7. The third-order valence-electron chi connectivity index (χ3n) is 5.90. The van der Waals surface area contributed by atoms with E-state index in [0.29, 0.717) is 17.4 Å². The quantitative estimate of drug-likeness (QED) is 0.774. The molecule has 1 aromatic rings. The second-order valence-electron chi connectivity index (χ2n) is 7.79. The van der Waals surface area contributed by atoms with Crippen molar-refractivity contribution in [1.82, 2.24) is 14.9 Å². The van der Waals surface area contributed by atoms with Crippen LogP contribution in [0.2, 0.25) is 0 Å². The summed E-state index contributed by atoms with van der Waals surface area (Å²) in [6.07, 6.45) is 6.00. The standard InChI is InChI=1S/C18H29N5O2S/c24-26(25)13-4-16(5-14-26)15-21-9-11-22(12-10-21)17-3-6-19-18(20-17)23-7-1-2-8-23/h3,6,16H,1-2,4-5,7-15H2. The van der Waals surface area contributed by atoms with Gasteiger partial charge in [0.2, 0.25) is 5.95 Å². The Labute approximate surface area is 156 Å². The molecule has 7 nitrogen and oxygen atoms in total. The first kappa shape index (κ1) is 18.0. The summed E-state index contributed by atoms with van der Waals surface area (Å²) in [5, 5.41) is 0. The summed E-state index contributed by atoms with van der Waals surface area (Å²) in [7, 11) is -2.76. The van der Waals surface area contributed by atoms with E-state index in [4.69, 9.17) is 4.98 Å². The van der Waals surface area contributed by atoms with Gasteiger partial charge in [0, 0.05) is 52.0 Å². The van der Waals surface area contributed by atoms with E-state index in [1.165, 1.54) is 12.8 Å². The Balaban J connectivity index is 1.29. The first-order chi connectivity index (χ1) is 12.6. The molecule has 0 aromatic carbocycles. The van der Waals surface area contributed by atoms with Crippen molar-refractivity contribution in [2.45, 2.75) is 25.7 Å². The Morgan fingerprint density at radius 2 is 1.65 bits per heavy atom. The maximum atomic E-state index is 11.6. The summed E-state index contributed by atoms with van der Waals surface area (Å²) in [5.74, 6) is 3.18. The van der Waals surface area contributed by atoms with E-state index >= 15 is 0 Å². The van der Waals surface area contributed by atoms with Gasteiger partial charge in [-0.15, -0.1) is 0 Å². The zero-order valence-electron chi connectivity index (χ0n) is 15.4. The first-order valence-electron chi connectivity index (χ1n) is 9.85. The van der Waals surface area contributed by atoms with Gasteiger partial charge in [-0.2, -0.15) is 4.98 Å². The highest BCUT2D eigenvalue weighted by Crippen LogP contribution is 2.22. The van der Waals surface area contributed by atoms with Crippen LogP contribution in [-0.2, 0) is 9.84 Å². The molecule has 144 valence electrons. The fourth-order valence-electron chi connectivity index (χ4n) is 4.23. The van der Waals surface area contributed by atoms with E-state index in [2.05, 4.69) is 19.7 Å². The highest BCUT2D eigenvalue weighted by atomic mass is 32.2. The molecule has 0 unspecified atom stereocenters. The minimum absolute atomic E-state index is 0.373. The monoisotopic (exact) mass is 379 g/mol. The van der Waals surface area contributed by atoms with Crippen molar-refractivity contribution in [3.63, 3.8) is 0 Å². The van der Waals surface area contributed by atoms with Crippen LogP contribution in [0.25, 0.3) is 0 Å². The molecule has 0 N–H and O–H groups in total. The molecular formula is C18H29N5O2S. The van der Waals surface area contributed by atoms with Gasteiger partial charge in [-0.3, -0.25) is 4.90 Å². The van der Waals surface area contributed by atoms with Crippen molar-refractivity contribution in [1.29, 1.82) is 0 Å². The van der Waals surface area contributed by atoms with Crippen molar-refractivity contribution >= 4 is 21.6 Å². The van der Waals surface area contributed by atoms with Crippen LogP contribution in [0.4, 0.5) is 11.8 Å². The molecule has 3 saturated heterocycles. The van der Waals surface area contributed by atoms with Gasteiger partial charge in [-0.1, -0.05) is 0 Å². The van der Waals surface area contributed by atoms with Crippen LogP contribution in [0.1, 0.15) is 25.7 Å². The lowest BCUT2D eigenvalue weighted by molar-refractivity contribution is 0.211. The number of sulfone groups is 1. The van der Waals surface area contributed by atoms with Gasteiger partial charge in [-0.05, 0) is 37.7 Å². The smallest absolute Gasteiger partial charge is 0.227 e. The predicted octanol–water partition coefficient (Wildman–Crippen LogP) is 1.02. The van der Waals surface area contributed by atoms with Gasteiger partial charge in [0.05, 0.1) is 11.5 Å². The zero-order valence-corrected chi connectivity index (χ0v) is 16.2. The molecule has 4 rings (SSSR count). The molecule has 0 amide bonds. The highest BCUT2D eigenvalue weighted by molar-refractivity contribution is 7.91. The molecule has 0 atom stereocenters. The van der Waals surface area contributed by atoms with Crippen molar-refractivity contribution in [2.75, 3.05) is 67.1 Å². The Bertz CT molecular complexity index is 698. The highest BCUT2D eigenvalue weighted by Gasteiger charge is 2.27. The van der Waals surface area contributed by atoms with Crippen LogP contribution in [0.15, 0.2) is 12.3 Å². The molecule has 0 aliphatic carbocycles. The summed E-state index contributed by atoms with van der Waals surface area (Å²) in [6, 6.07) is 2.02. The zero-order chi connectivity index (χ0) is 18.0. The molecule has 3 aliphatic heterocycles. The van der Waals surface area contributed by atoms with Gasteiger partial charge >= 0.3 is 0 Å². The summed E-state index contributed by atoms with van der Waals surface area (Å²) in [5.41, 5.74) is 0. The number of nitrogens with zero attached hydrogens (tertiary/aromatic N) is 5. The molecule has 0 spiro atoms. The van der Waals surface area contributed by atoms with Crippen molar-refractivity contribution in [3.05, 3.63) is 12.3 Å². The molecule has 8 heteroatoms. The van der Waals surface area contributed by atoms with E-state index in [0.717, 1.165) is 70.4 Å². The van der Waals surface area contributed by atoms with E-state index < -0.39 is 9.84 Å². The van der Waals surface area contributed by atoms with Crippen LogP contribution < -0.4 is 9.80 Å². The lowest BCUT2D eigenvalue weighted by atomic mass is 10.0. The molecule has 3 fully saturated rings. The average Bonchev–Trinajstić information content (AvgIpc) is 3.19. The number of rotatable bonds is 4. The molecular weight excluding hydrogens is 350 g/mol. The molecule has 0 bridgehead atoms. The molecule has 3 aliphatic rings. The Kier molecular flexibility index (Phi) is 5.31. The fourth-order valence-corrected chi connectivity index (χ4v) is 5.82. The number of aromatic nitrogens is 2. The third-order valence-corrected chi connectivity index (χ3v) is 7.62. The van der Waals surface area contributed by atoms with E-state index in [1.807, 2.05) is 12.3 Å². The largest absolute Gasteiger partial charge is 0.354 e.